The van der Waals surface area contributed by atoms with Gasteiger partial charge in [-0.1, -0.05) is 12.1 Å². The molecule has 3 aliphatic rings. The number of hydrogen-bond donors (Lipinski definition) is 1. The maximum atomic E-state index is 11.5. The summed E-state index contributed by atoms with van der Waals surface area (Å²) in [7, 11) is 0. The molecule has 2 aromatic rings. The Balaban J connectivity index is 1.30. The van der Waals surface area contributed by atoms with Crippen molar-refractivity contribution in [2.24, 2.45) is 0 Å². The average molecular weight is 410 g/mol. The number of benzene rings is 1. The smallest absolute Gasteiger partial charge is 0.247 e. The van der Waals surface area contributed by atoms with Gasteiger partial charge < -0.3 is 14.5 Å². The van der Waals surface area contributed by atoms with Gasteiger partial charge in [0.1, 0.15) is 5.75 Å². The van der Waals surface area contributed by atoms with Crippen molar-refractivity contribution in [3.63, 3.8) is 0 Å². The molecule has 2 unspecified atom stereocenters. The number of ether oxygens (including phenoxy) is 2. The molecule has 30 heavy (non-hydrogen) atoms. The minimum atomic E-state index is -0.0466. The van der Waals surface area contributed by atoms with E-state index in [-0.39, 0.29) is 5.56 Å². The van der Waals surface area contributed by atoms with E-state index in [4.69, 9.17) is 9.47 Å². The molecule has 1 N–H and O–H groups in total. The van der Waals surface area contributed by atoms with Crippen molar-refractivity contribution < 1.29 is 9.47 Å². The van der Waals surface area contributed by atoms with Crippen LogP contribution in [0, 0.1) is 0 Å². The lowest BCUT2D eigenvalue weighted by Crippen LogP contribution is -2.37. The lowest BCUT2D eigenvalue weighted by atomic mass is 9.82. The molecule has 0 bridgehead atoms. The van der Waals surface area contributed by atoms with E-state index in [2.05, 4.69) is 33.0 Å². The summed E-state index contributed by atoms with van der Waals surface area (Å²) in [5.74, 6) is 1.27. The van der Waals surface area contributed by atoms with Crippen LogP contribution < -0.4 is 10.3 Å². The molecule has 2 saturated heterocycles. The minimum Gasteiger partial charge on any atom is -0.494 e. The second-order valence-corrected chi connectivity index (χ2v) is 8.64. The standard InChI is InChI=1S/C24H31N3O3/c28-24-7-4-18(16-25-24)22-17-27-9-1-3-23(27)21-15-19(5-6-20(21)22)30-12-2-8-26-10-13-29-14-11-26/h4-7,15-16,22-23H,1-3,8-14,17H2,(H,25,28). The molecule has 2 fully saturated rings. The number of morpholine rings is 1. The summed E-state index contributed by atoms with van der Waals surface area (Å²) in [6.45, 7) is 7.73. The number of H-pyrrole nitrogens is 1. The van der Waals surface area contributed by atoms with Crippen LogP contribution in [0.25, 0.3) is 0 Å². The van der Waals surface area contributed by atoms with Gasteiger partial charge in [-0.2, -0.15) is 0 Å². The maximum Gasteiger partial charge on any atom is 0.247 e. The molecule has 0 saturated carbocycles. The molecule has 6 heteroatoms. The molecule has 6 nitrogen and oxygen atoms in total. The van der Waals surface area contributed by atoms with Crippen LogP contribution in [0.4, 0.5) is 0 Å². The summed E-state index contributed by atoms with van der Waals surface area (Å²) in [6, 6.07) is 10.7. The van der Waals surface area contributed by atoms with E-state index in [0.717, 1.165) is 64.7 Å². The summed E-state index contributed by atoms with van der Waals surface area (Å²) in [5, 5.41) is 0. The molecular weight excluding hydrogens is 378 g/mol. The number of fused-ring (bicyclic) bond motifs is 3. The van der Waals surface area contributed by atoms with Gasteiger partial charge in [0.05, 0.1) is 19.8 Å². The van der Waals surface area contributed by atoms with Gasteiger partial charge in [0.2, 0.25) is 5.56 Å². The van der Waals surface area contributed by atoms with Crippen LogP contribution >= 0.6 is 0 Å². The molecular formula is C24H31N3O3. The molecule has 2 atom stereocenters. The molecule has 4 heterocycles. The highest BCUT2D eigenvalue weighted by Gasteiger charge is 2.36. The van der Waals surface area contributed by atoms with Gasteiger partial charge >= 0.3 is 0 Å². The molecule has 3 aliphatic heterocycles. The first-order valence-electron chi connectivity index (χ1n) is 11.3. The number of pyridine rings is 1. The van der Waals surface area contributed by atoms with Crippen LogP contribution in [0.5, 0.6) is 5.75 Å². The predicted molar refractivity (Wildman–Crippen MR) is 116 cm³/mol. The van der Waals surface area contributed by atoms with Crippen molar-refractivity contribution in [2.45, 2.75) is 31.2 Å². The van der Waals surface area contributed by atoms with Crippen LogP contribution in [0.2, 0.25) is 0 Å². The highest BCUT2D eigenvalue weighted by atomic mass is 16.5. The Morgan fingerprint density at radius 2 is 2.00 bits per heavy atom. The fourth-order valence-corrected chi connectivity index (χ4v) is 5.21. The summed E-state index contributed by atoms with van der Waals surface area (Å²) in [5.41, 5.74) is 3.92. The molecule has 160 valence electrons. The Morgan fingerprint density at radius 1 is 1.10 bits per heavy atom. The maximum absolute atomic E-state index is 11.5. The summed E-state index contributed by atoms with van der Waals surface area (Å²) >= 11 is 0. The van der Waals surface area contributed by atoms with Gasteiger partial charge in [-0.15, -0.1) is 0 Å². The van der Waals surface area contributed by atoms with Crippen LogP contribution in [0.1, 0.15) is 47.9 Å². The lowest BCUT2D eigenvalue weighted by molar-refractivity contribution is 0.0358. The van der Waals surface area contributed by atoms with E-state index in [1.54, 1.807) is 6.07 Å². The van der Waals surface area contributed by atoms with Gasteiger partial charge in [-0.3, -0.25) is 14.6 Å². The first-order chi connectivity index (χ1) is 14.8. The minimum absolute atomic E-state index is 0.0466. The van der Waals surface area contributed by atoms with Crippen molar-refractivity contribution >= 4 is 0 Å². The van der Waals surface area contributed by atoms with Gasteiger partial charge in [-0.05, 0) is 54.6 Å². The second kappa shape index (κ2) is 8.92. The Bertz CT molecular complexity index is 902. The second-order valence-electron chi connectivity index (χ2n) is 8.64. The highest BCUT2D eigenvalue weighted by Crippen LogP contribution is 2.45. The van der Waals surface area contributed by atoms with E-state index in [1.807, 2.05) is 12.3 Å². The number of nitrogens with one attached hydrogen (secondary N) is 1. The van der Waals surface area contributed by atoms with Crippen molar-refractivity contribution in [1.29, 1.82) is 0 Å². The summed E-state index contributed by atoms with van der Waals surface area (Å²) in [4.78, 5) is 19.4. The van der Waals surface area contributed by atoms with Crippen molar-refractivity contribution in [1.82, 2.24) is 14.8 Å². The largest absolute Gasteiger partial charge is 0.494 e. The van der Waals surface area contributed by atoms with E-state index in [9.17, 15) is 4.79 Å². The molecule has 1 aromatic carbocycles. The van der Waals surface area contributed by atoms with Crippen LogP contribution in [-0.4, -0.2) is 67.3 Å². The van der Waals surface area contributed by atoms with Gasteiger partial charge in [0.25, 0.3) is 0 Å². The Hall–Kier alpha value is -2.15. The monoisotopic (exact) mass is 409 g/mol. The molecule has 0 spiro atoms. The molecule has 5 rings (SSSR count). The summed E-state index contributed by atoms with van der Waals surface area (Å²) < 4.78 is 11.6. The molecule has 0 radical (unpaired) electrons. The average Bonchev–Trinajstić information content (AvgIpc) is 3.26. The highest BCUT2D eigenvalue weighted by molar-refractivity contribution is 5.46. The number of hydrogen-bond acceptors (Lipinski definition) is 5. The van der Waals surface area contributed by atoms with E-state index in [1.165, 1.54) is 29.5 Å². The zero-order valence-electron chi connectivity index (χ0n) is 17.5. The van der Waals surface area contributed by atoms with Crippen LogP contribution in [-0.2, 0) is 4.74 Å². The SMILES string of the molecule is O=c1ccc(C2CN3CCCC3c3cc(OCCCN4CCOCC4)ccc32)c[nH]1. The van der Waals surface area contributed by atoms with E-state index < -0.39 is 0 Å². The van der Waals surface area contributed by atoms with Crippen molar-refractivity contribution in [2.75, 3.05) is 52.5 Å². The zero-order chi connectivity index (χ0) is 20.3. The summed E-state index contributed by atoms with van der Waals surface area (Å²) in [6.07, 6.45) is 5.37. The third kappa shape index (κ3) is 4.17. The number of rotatable bonds is 6. The van der Waals surface area contributed by atoms with Crippen LogP contribution in [0.15, 0.2) is 41.3 Å². The molecule has 0 amide bonds. The number of aromatic amines is 1. The predicted octanol–water partition coefficient (Wildman–Crippen LogP) is 2.76. The van der Waals surface area contributed by atoms with Crippen molar-refractivity contribution in [3.05, 3.63) is 63.6 Å². The molecule has 1 aromatic heterocycles. The van der Waals surface area contributed by atoms with Crippen molar-refractivity contribution in [3.8, 4) is 5.75 Å². The third-order valence-electron chi connectivity index (χ3n) is 6.78. The quantitative estimate of drug-likeness (QED) is 0.744. The lowest BCUT2D eigenvalue weighted by Gasteiger charge is -2.37. The Labute approximate surface area is 177 Å². The first-order valence-corrected chi connectivity index (χ1v) is 11.3. The number of nitrogens with zero attached hydrogens (tertiary/aromatic N) is 2. The van der Waals surface area contributed by atoms with Crippen LogP contribution in [0.3, 0.4) is 0 Å². The fourth-order valence-electron chi connectivity index (χ4n) is 5.21. The fraction of sp³-hybridized carbons (Fsp3) is 0.542. The molecule has 0 aliphatic carbocycles. The topological polar surface area (TPSA) is 57.8 Å². The zero-order valence-corrected chi connectivity index (χ0v) is 17.5. The van der Waals surface area contributed by atoms with Gasteiger partial charge in [-0.25, -0.2) is 0 Å². The first kappa shape index (κ1) is 19.8. The normalized spacial score (nSPS) is 24.4. The third-order valence-corrected chi connectivity index (χ3v) is 6.78. The van der Waals surface area contributed by atoms with E-state index in [0.29, 0.717) is 12.0 Å². The Kier molecular flexibility index (Phi) is 5.88. The van der Waals surface area contributed by atoms with Gasteiger partial charge in [0, 0.05) is 50.4 Å². The van der Waals surface area contributed by atoms with Gasteiger partial charge in [0.15, 0.2) is 0 Å². The number of aromatic nitrogens is 1. The van der Waals surface area contributed by atoms with E-state index >= 15 is 0 Å². The Morgan fingerprint density at radius 3 is 2.83 bits per heavy atom.